The topological polar surface area (TPSA) is 82.7 Å². The summed E-state index contributed by atoms with van der Waals surface area (Å²) in [4.78, 5) is 11.0. The van der Waals surface area contributed by atoms with Gasteiger partial charge in [0.25, 0.3) is 0 Å². The molecule has 3 fully saturated rings. The number of benzene rings is 1. The fourth-order valence-corrected chi connectivity index (χ4v) is 5.32. The predicted octanol–water partition coefficient (Wildman–Crippen LogP) is 3.89. The summed E-state index contributed by atoms with van der Waals surface area (Å²) in [5.74, 6) is 0.935. The summed E-state index contributed by atoms with van der Waals surface area (Å²) in [6.07, 6.45) is 3.06. The lowest BCUT2D eigenvalue weighted by atomic mass is 9.93. The van der Waals surface area contributed by atoms with Crippen LogP contribution in [0.1, 0.15) is 31.2 Å². The van der Waals surface area contributed by atoms with Crippen molar-refractivity contribution in [3.63, 3.8) is 0 Å². The molecule has 164 valence electrons. The van der Waals surface area contributed by atoms with Gasteiger partial charge in [-0.05, 0) is 42.7 Å². The molecule has 2 aliphatic carbocycles. The number of fused-ring (bicyclic) bond motifs is 1. The molecule has 1 aromatic carbocycles. The Labute approximate surface area is 184 Å². The number of rotatable bonds is 5. The normalized spacial score (nSPS) is 25.5. The van der Waals surface area contributed by atoms with Gasteiger partial charge in [0.1, 0.15) is 5.82 Å². The van der Waals surface area contributed by atoms with Crippen LogP contribution in [0.4, 0.5) is 20.5 Å². The summed E-state index contributed by atoms with van der Waals surface area (Å²) >= 11 is 0. The zero-order chi connectivity index (χ0) is 22.1. The maximum Gasteiger partial charge on any atom is 0.243 e. The van der Waals surface area contributed by atoms with Crippen molar-refractivity contribution in [2.24, 2.45) is 11.3 Å². The number of nitrogens with zero attached hydrogens (tertiary/aromatic N) is 6. The largest absolute Gasteiger partial charge is 0.357 e. The highest BCUT2D eigenvalue weighted by atomic mass is 19.3. The molecule has 2 saturated carbocycles. The molecular weight excluding hydrogens is 412 g/mol. The molecule has 3 aliphatic rings. The van der Waals surface area contributed by atoms with Crippen molar-refractivity contribution >= 4 is 22.7 Å². The van der Waals surface area contributed by atoms with E-state index in [0.717, 1.165) is 35.7 Å². The smallest absolute Gasteiger partial charge is 0.243 e. The Kier molecular flexibility index (Phi) is 4.01. The minimum absolute atomic E-state index is 0.179. The van der Waals surface area contributed by atoms with E-state index in [0.29, 0.717) is 30.5 Å². The predicted molar refractivity (Wildman–Crippen MR) is 116 cm³/mol. The van der Waals surface area contributed by atoms with E-state index < -0.39 is 12.3 Å². The van der Waals surface area contributed by atoms with Crippen molar-refractivity contribution in [2.45, 2.75) is 37.5 Å². The Hall–Kier alpha value is -3.28. The van der Waals surface area contributed by atoms with Gasteiger partial charge in [-0.2, -0.15) is 20.3 Å². The Morgan fingerprint density at radius 1 is 1.22 bits per heavy atom. The minimum atomic E-state index is -2.33. The van der Waals surface area contributed by atoms with Crippen molar-refractivity contribution in [2.75, 3.05) is 30.4 Å². The molecule has 0 amide bonds. The van der Waals surface area contributed by atoms with E-state index in [1.165, 1.54) is 0 Å². The molecule has 2 aromatic heterocycles. The molecule has 0 bridgehead atoms. The number of alkyl halides is 2. The van der Waals surface area contributed by atoms with E-state index in [9.17, 15) is 14.0 Å². The SMILES string of the molecule is CNc1nc(N2CC[C@H](C(F)F)C2)cc(-n2ncc3ccc(C4(C#N)CC45CC5)cc32)n1. The van der Waals surface area contributed by atoms with E-state index in [-0.39, 0.29) is 17.4 Å². The van der Waals surface area contributed by atoms with Crippen LogP contribution >= 0.6 is 0 Å². The maximum absolute atomic E-state index is 13.2. The molecule has 1 unspecified atom stereocenters. The van der Waals surface area contributed by atoms with E-state index in [4.69, 9.17) is 0 Å². The Balaban J connectivity index is 1.41. The molecule has 1 aliphatic heterocycles. The number of nitriles is 1. The first kappa shape index (κ1) is 19.4. The summed E-state index contributed by atoms with van der Waals surface area (Å²) < 4.78 is 28.1. The van der Waals surface area contributed by atoms with Crippen molar-refractivity contribution in [3.05, 3.63) is 36.0 Å². The van der Waals surface area contributed by atoms with Gasteiger partial charge in [-0.1, -0.05) is 12.1 Å². The summed E-state index contributed by atoms with van der Waals surface area (Å²) in [5, 5.41) is 18.4. The van der Waals surface area contributed by atoms with Gasteiger partial charge in [-0.3, -0.25) is 0 Å². The summed E-state index contributed by atoms with van der Waals surface area (Å²) in [7, 11) is 1.73. The van der Waals surface area contributed by atoms with Crippen LogP contribution < -0.4 is 10.2 Å². The van der Waals surface area contributed by atoms with Gasteiger partial charge in [0.2, 0.25) is 12.4 Å². The monoisotopic (exact) mass is 435 g/mol. The number of halogens is 2. The van der Waals surface area contributed by atoms with Crippen LogP contribution in [-0.2, 0) is 5.41 Å². The third-order valence-corrected chi connectivity index (χ3v) is 7.54. The van der Waals surface area contributed by atoms with E-state index in [2.05, 4.69) is 32.5 Å². The average Bonchev–Trinajstić information content (AvgIpc) is 3.56. The first-order chi connectivity index (χ1) is 15.5. The fourth-order valence-electron chi connectivity index (χ4n) is 5.32. The summed E-state index contributed by atoms with van der Waals surface area (Å²) in [6.45, 7) is 0.805. The van der Waals surface area contributed by atoms with Crippen molar-refractivity contribution < 1.29 is 8.78 Å². The number of anilines is 2. The van der Waals surface area contributed by atoms with Crippen LogP contribution in [0.2, 0.25) is 0 Å². The van der Waals surface area contributed by atoms with Crippen LogP contribution in [-0.4, -0.2) is 46.3 Å². The highest BCUT2D eigenvalue weighted by molar-refractivity contribution is 5.82. The summed E-state index contributed by atoms with van der Waals surface area (Å²) in [5.41, 5.74) is 1.70. The quantitative estimate of drug-likeness (QED) is 0.655. The van der Waals surface area contributed by atoms with Gasteiger partial charge in [-0.15, -0.1) is 0 Å². The number of hydrogen-bond acceptors (Lipinski definition) is 6. The first-order valence-corrected chi connectivity index (χ1v) is 11.0. The molecule has 7 nitrogen and oxygen atoms in total. The number of nitrogens with one attached hydrogen (secondary N) is 1. The maximum atomic E-state index is 13.2. The Morgan fingerprint density at radius 3 is 2.69 bits per heavy atom. The second-order valence-electron chi connectivity index (χ2n) is 9.29. The second-order valence-corrected chi connectivity index (χ2v) is 9.29. The first-order valence-electron chi connectivity index (χ1n) is 11.0. The summed E-state index contributed by atoms with van der Waals surface area (Å²) in [6, 6.07) is 10.5. The minimum Gasteiger partial charge on any atom is -0.357 e. The van der Waals surface area contributed by atoms with Crippen LogP contribution in [0.15, 0.2) is 30.5 Å². The van der Waals surface area contributed by atoms with Crippen LogP contribution in [0.25, 0.3) is 16.7 Å². The molecule has 6 rings (SSSR count). The molecule has 1 spiro atoms. The van der Waals surface area contributed by atoms with Crippen molar-refractivity contribution in [3.8, 4) is 11.9 Å². The molecule has 2 atom stereocenters. The second kappa shape index (κ2) is 6.61. The number of hydrogen-bond donors (Lipinski definition) is 1. The fraction of sp³-hybridized carbons (Fsp3) is 0.478. The molecule has 3 heterocycles. The molecule has 32 heavy (non-hydrogen) atoms. The molecule has 9 heteroatoms. The van der Waals surface area contributed by atoms with Gasteiger partial charge < -0.3 is 10.2 Å². The zero-order valence-corrected chi connectivity index (χ0v) is 17.7. The third kappa shape index (κ3) is 2.71. The molecular formula is C23H23F2N7. The molecule has 1 saturated heterocycles. The van der Waals surface area contributed by atoms with Crippen molar-refractivity contribution in [1.82, 2.24) is 19.7 Å². The van der Waals surface area contributed by atoms with Crippen LogP contribution in [0.5, 0.6) is 0 Å². The van der Waals surface area contributed by atoms with E-state index in [1.54, 1.807) is 24.0 Å². The molecule has 0 radical (unpaired) electrons. The Morgan fingerprint density at radius 2 is 2.03 bits per heavy atom. The van der Waals surface area contributed by atoms with Crippen molar-refractivity contribution in [1.29, 1.82) is 5.26 Å². The number of aromatic nitrogens is 4. The lowest BCUT2D eigenvalue weighted by molar-refractivity contribution is 0.0880. The van der Waals surface area contributed by atoms with Gasteiger partial charge >= 0.3 is 0 Å². The third-order valence-electron chi connectivity index (χ3n) is 7.54. The highest BCUT2D eigenvalue weighted by Gasteiger charge is 2.75. The van der Waals surface area contributed by atoms with E-state index in [1.807, 2.05) is 17.0 Å². The van der Waals surface area contributed by atoms with Crippen LogP contribution in [0.3, 0.4) is 0 Å². The lowest BCUT2D eigenvalue weighted by Crippen LogP contribution is -2.23. The van der Waals surface area contributed by atoms with Gasteiger partial charge in [-0.25, -0.2) is 13.5 Å². The average molecular weight is 435 g/mol. The zero-order valence-electron chi connectivity index (χ0n) is 17.7. The van der Waals surface area contributed by atoms with Gasteiger partial charge in [0.15, 0.2) is 5.82 Å². The highest BCUT2D eigenvalue weighted by Crippen LogP contribution is 2.78. The standard InChI is InChI=1S/C23H23F2N7/c1-27-21-29-18(31-7-4-15(11-31)20(24)25)9-19(30-21)32-17-8-16(3-2-14(17)10-28-32)23(13-26)12-22(23)5-6-22/h2-3,8-10,15,20H,4-7,11-12H2,1H3,(H,27,29,30)/t15-,23?/m0/s1. The van der Waals surface area contributed by atoms with Gasteiger partial charge in [0.05, 0.1) is 23.2 Å². The molecule has 1 N–H and O–H groups in total. The lowest BCUT2D eigenvalue weighted by Gasteiger charge is -2.19. The molecule has 3 aromatic rings. The Bertz CT molecular complexity index is 1260. The van der Waals surface area contributed by atoms with Gasteiger partial charge in [0, 0.05) is 37.5 Å². The van der Waals surface area contributed by atoms with E-state index >= 15 is 0 Å². The van der Waals surface area contributed by atoms with Crippen LogP contribution in [0, 0.1) is 22.7 Å².